The number of benzene rings is 1. The molecule has 2 fully saturated rings. The first-order valence-electron chi connectivity index (χ1n) is 7.07. The molecule has 2 aliphatic rings. The van der Waals surface area contributed by atoms with Crippen LogP contribution in [0.1, 0.15) is 29.6 Å². The zero-order chi connectivity index (χ0) is 14.1. The summed E-state index contributed by atoms with van der Waals surface area (Å²) >= 11 is 0. The van der Waals surface area contributed by atoms with Gasteiger partial charge in [-0.1, -0.05) is 6.07 Å². The van der Waals surface area contributed by atoms with Crippen LogP contribution in [-0.2, 0) is 0 Å². The van der Waals surface area contributed by atoms with E-state index in [0.717, 1.165) is 12.8 Å². The minimum absolute atomic E-state index is 0.0489. The van der Waals surface area contributed by atoms with E-state index in [1.807, 2.05) is 0 Å². The standard InChI is InChI=1S/C15H19FN2O2/c1-20-13-4-2-3-12(16)14(13)15(19)18-8-7-10-5-6-11(9-18)17-10/h2-4,10-11,17H,5-9H2,1H3. The molecule has 0 aromatic heterocycles. The molecule has 4 nitrogen and oxygen atoms in total. The Morgan fingerprint density at radius 3 is 2.95 bits per heavy atom. The van der Waals surface area contributed by atoms with Crippen LogP contribution in [0.15, 0.2) is 18.2 Å². The first-order chi connectivity index (χ1) is 9.69. The summed E-state index contributed by atoms with van der Waals surface area (Å²) in [5, 5.41) is 3.51. The number of rotatable bonds is 2. The molecule has 2 unspecified atom stereocenters. The minimum Gasteiger partial charge on any atom is -0.496 e. The SMILES string of the molecule is COc1cccc(F)c1C(=O)N1CCC2CCC(C1)N2. The van der Waals surface area contributed by atoms with E-state index in [0.29, 0.717) is 30.9 Å². The van der Waals surface area contributed by atoms with Crippen LogP contribution in [0.25, 0.3) is 0 Å². The third-order valence-corrected chi connectivity index (χ3v) is 4.22. The van der Waals surface area contributed by atoms with E-state index in [1.165, 1.54) is 19.6 Å². The molecule has 1 aromatic carbocycles. The highest BCUT2D eigenvalue weighted by atomic mass is 19.1. The molecule has 20 heavy (non-hydrogen) atoms. The Balaban J connectivity index is 1.85. The topological polar surface area (TPSA) is 41.6 Å². The molecule has 1 N–H and O–H groups in total. The Morgan fingerprint density at radius 1 is 1.35 bits per heavy atom. The van der Waals surface area contributed by atoms with E-state index >= 15 is 0 Å². The Bertz CT molecular complexity index is 521. The van der Waals surface area contributed by atoms with Crippen LogP contribution in [-0.4, -0.2) is 43.1 Å². The van der Waals surface area contributed by atoms with Crippen LogP contribution in [0, 0.1) is 5.82 Å². The Labute approximate surface area is 117 Å². The number of nitrogens with one attached hydrogen (secondary N) is 1. The van der Waals surface area contributed by atoms with E-state index in [-0.39, 0.29) is 11.5 Å². The van der Waals surface area contributed by atoms with E-state index in [1.54, 1.807) is 17.0 Å². The normalized spacial score (nSPS) is 25.4. The molecule has 2 heterocycles. The number of amides is 1. The van der Waals surface area contributed by atoms with Gasteiger partial charge < -0.3 is 15.0 Å². The van der Waals surface area contributed by atoms with Crippen molar-refractivity contribution in [2.75, 3.05) is 20.2 Å². The molecule has 2 atom stereocenters. The zero-order valence-corrected chi connectivity index (χ0v) is 11.6. The zero-order valence-electron chi connectivity index (χ0n) is 11.6. The van der Waals surface area contributed by atoms with Crippen LogP contribution < -0.4 is 10.1 Å². The van der Waals surface area contributed by atoms with Gasteiger partial charge in [0, 0.05) is 25.2 Å². The molecule has 2 bridgehead atoms. The molecule has 1 aromatic rings. The predicted molar refractivity (Wildman–Crippen MR) is 73.4 cm³/mol. The van der Waals surface area contributed by atoms with Crippen LogP contribution in [0.4, 0.5) is 4.39 Å². The molecule has 108 valence electrons. The van der Waals surface area contributed by atoms with E-state index in [9.17, 15) is 9.18 Å². The number of fused-ring (bicyclic) bond motifs is 2. The van der Waals surface area contributed by atoms with Crippen molar-refractivity contribution in [2.24, 2.45) is 0 Å². The van der Waals surface area contributed by atoms with Gasteiger partial charge in [-0.2, -0.15) is 0 Å². The molecule has 2 saturated heterocycles. The molecule has 1 amide bonds. The van der Waals surface area contributed by atoms with Crippen molar-refractivity contribution in [2.45, 2.75) is 31.3 Å². The fourth-order valence-corrected chi connectivity index (χ4v) is 3.17. The highest BCUT2D eigenvalue weighted by Crippen LogP contribution is 2.26. The van der Waals surface area contributed by atoms with E-state index in [4.69, 9.17) is 4.74 Å². The Hall–Kier alpha value is -1.62. The van der Waals surface area contributed by atoms with Gasteiger partial charge >= 0.3 is 0 Å². The van der Waals surface area contributed by atoms with Crippen molar-refractivity contribution in [1.82, 2.24) is 10.2 Å². The quantitative estimate of drug-likeness (QED) is 0.897. The summed E-state index contributed by atoms with van der Waals surface area (Å²) in [7, 11) is 1.46. The first-order valence-corrected chi connectivity index (χ1v) is 7.07. The second kappa shape index (κ2) is 5.40. The molecule has 0 spiro atoms. The highest BCUT2D eigenvalue weighted by Gasteiger charge is 2.33. The summed E-state index contributed by atoms with van der Waals surface area (Å²) in [6, 6.07) is 5.32. The van der Waals surface area contributed by atoms with Crippen molar-refractivity contribution in [3.8, 4) is 5.75 Å². The molecular formula is C15H19FN2O2. The van der Waals surface area contributed by atoms with Crippen LogP contribution in [0.2, 0.25) is 0 Å². The Kier molecular flexibility index (Phi) is 3.61. The van der Waals surface area contributed by atoms with Crippen LogP contribution in [0.5, 0.6) is 5.75 Å². The molecule has 0 saturated carbocycles. The number of hydrogen-bond donors (Lipinski definition) is 1. The predicted octanol–water partition coefficient (Wildman–Crippen LogP) is 1.80. The molecule has 5 heteroatoms. The van der Waals surface area contributed by atoms with Gasteiger partial charge in [0.25, 0.3) is 5.91 Å². The molecule has 3 rings (SSSR count). The number of ether oxygens (including phenoxy) is 1. The number of carbonyl (C=O) groups is 1. The minimum atomic E-state index is -0.517. The lowest BCUT2D eigenvalue weighted by atomic mass is 10.1. The molecular weight excluding hydrogens is 259 g/mol. The van der Waals surface area contributed by atoms with Gasteiger partial charge in [0.15, 0.2) is 0 Å². The summed E-state index contributed by atoms with van der Waals surface area (Å²) in [6.07, 6.45) is 3.19. The lowest BCUT2D eigenvalue weighted by Gasteiger charge is -2.25. The second-order valence-electron chi connectivity index (χ2n) is 5.49. The maximum atomic E-state index is 14.0. The molecule has 0 aliphatic carbocycles. The van der Waals surface area contributed by atoms with Crippen molar-refractivity contribution >= 4 is 5.91 Å². The smallest absolute Gasteiger partial charge is 0.260 e. The van der Waals surface area contributed by atoms with Gasteiger partial charge in [-0.25, -0.2) is 4.39 Å². The highest BCUT2D eigenvalue weighted by molar-refractivity contribution is 5.97. The van der Waals surface area contributed by atoms with E-state index in [2.05, 4.69) is 5.32 Å². The number of hydrogen-bond acceptors (Lipinski definition) is 3. The number of halogens is 1. The summed E-state index contributed by atoms with van der Waals surface area (Å²) < 4.78 is 19.1. The lowest BCUT2D eigenvalue weighted by Crippen LogP contribution is -2.39. The van der Waals surface area contributed by atoms with Crippen molar-refractivity contribution in [1.29, 1.82) is 0 Å². The van der Waals surface area contributed by atoms with Gasteiger partial charge in [0.2, 0.25) is 0 Å². The fourth-order valence-electron chi connectivity index (χ4n) is 3.17. The first kappa shape index (κ1) is 13.4. The van der Waals surface area contributed by atoms with E-state index < -0.39 is 5.82 Å². The lowest BCUT2D eigenvalue weighted by molar-refractivity contribution is 0.0739. The average Bonchev–Trinajstić information content (AvgIpc) is 2.77. The number of carbonyl (C=O) groups excluding carboxylic acids is 1. The maximum Gasteiger partial charge on any atom is 0.260 e. The third kappa shape index (κ3) is 2.38. The summed E-state index contributed by atoms with van der Waals surface area (Å²) in [5.74, 6) is -0.483. The average molecular weight is 278 g/mol. The van der Waals surface area contributed by atoms with Crippen molar-refractivity contribution < 1.29 is 13.9 Å². The third-order valence-electron chi connectivity index (χ3n) is 4.22. The maximum absolute atomic E-state index is 14.0. The monoisotopic (exact) mass is 278 g/mol. The number of nitrogens with zero attached hydrogens (tertiary/aromatic N) is 1. The van der Waals surface area contributed by atoms with Gasteiger partial charge in [-0.3, -0.25) is 4.79 Å². The number of likely N-dealkylation sites (tertiary alicyclic amines) is 1. The summed E-state index contributed by atoms with van der Waals surface area (Å²) in [4.78, 5) is 14.4. The van der Waals surface area contributed by atoms with Gasteiger partial charge in [-0.05, 0) is 31.4 Å². The van der Waals surface area contributed by atoms with Gasteiger partial charge in [-0.15, -0.1) is 0 Å². The fraction of sp³-hybridized carbons (Fsp3) is 0.533. The summed E-state index contributed by atoms with van der Waals surface area (Å²) in [5.41, 5.74) is 0.0489. The summed E-state index contributed by atoms with van der Waals surface area (Å²) in [6.45, 7) is 1.32. The van der Waals surface area contributed by atoms with Crippen LogP contribution >= 0.6 is 0 Å². The second-order valence-corrected chi connectivity index (χ2v) is 5.49. The largest absolute Gasteiger partial charge is 0.496 e. The van der Waals surface area contributed by atoms with Crippen molar-refractivity contribution in [3.05, 3.63) is 29.6 Å². The van der Waals surface area contributed by atoms with Crippen molar-refractivity contribution in [3.63, 3.8) is 0 Å². The van der Waals surface area contributed by atoms with Gasteiger partial charge in [0.05, 0.1) is 7.11 Å². The molecule has 2 aliphatic heterocycles. The molecule has 0 radical (unpaired) electrons. The Morgan fingerprint density at radius 2 is 2.15 bits per heavy atom. The van der Waals surface area contributed by atoms with Crippen LogP contribution in [0.3, 0.4) is 0 Å². The number of methoxy groups -OCH3 is 1. The van der Waals surface area contributed by atoms with Gasteiger partial charge in [0.1, 0.15) is 17.1 Å².